The highest BCUT2D eigenvalue weighted by Crippen LogP contribution is 2.33. The fourth-order valence-electron chi connectivity index (χ4n) is 2.94. The Morgan fingerprint density at radius 1 is 1.26 bits per heavy atom. The molecule has 0 bridgehead atoms. The van der Waals surface area contributed by atoms with Gasteiger partial charge in [-0.1, -0.05) is 12.1 Å². The maximum atomic E-state index is 12.7. The van der Waals surface area contributed by atoms with Crippen molar-refractivity contribution in [3.63, 3.8) is 0 Å². The number of aryl methyl sites for hydroxylation is 2. The van der Waals surface area contributed by atoms with Crippen molar-refractivity contribution in [2.45, 2.75) is 25.7 Å². The lowest BCUT2D eigenvalue weighted by atomic mass is 9.97. The zero-order valence-corrected chi connectivity index (χ0v) is 13.2. The molecule has 0 spiro atoms. The van der Waals surface area contributed by atoms with Gasteiger partial charge in [0.1, 0.15) is 16.9 Å². The molecule has 116 valence electrons. The van der Waals surface area contributed by atoms with Crippen LogP contribution in [-0.4, -0.2) is 21.0 Å². The summed E-state index contributed by atoms with van der Waals surface area (Å²) in [5.41, 5.74) is 1.58. The number of aromatic hydroxyl groups is 1. The minimum Gasteiger partial charge on any atom is -0.507 e. The van der Waals surface area contributed by atoms with Gasteiger partial charge in [-0.3, -0.25) is 4.79 Å². The number of phenols is 1. The van der Waals surface area contributed by atoms with E-state index in [2.05, 4.69) is 10.1 Å². The summed E-state index contributed by atoms with van der Waals surface area (Å²) in [6.07, 6.45) is 7.20. The second kappa shape index (κ2) is 5.62. The molecule has 1 aliphatic rings. The lowest BCUT2D eigenvalue weighted by Crippen LogP contribution is -2.18. The Morgan fingerprint density at radius 2 is 2.09 bits per heavy atom. The zero-order valence-electron chi connectivity index (χ0n) is 12.4. The zero-order chi connectivity index (χ0) is 15.8. The molecule has 4 rings (SSSR count). The molecule has 1 aromatic carbocycles. The van der Waals surface area contributed by atoms with Gasteiger partial charge in [-0.25, -0.2) is 4.98 Å². The first-order chi connectivity index (χ1) is 11.2. The number of aromatic nitrogens is 2. The van der Waals surface area contributed by atoms with E-state index >= 15 is 0 Å². The average molecular weight is 325 g/mol. The molecule has 1 aliphatic carbocycles. The minimum atomic E-state index is -0.138. The number of fused-ring (bicyclic) bond motifs is 3. The first-order valence-electron chi connectivity index (χ1n) is 7.58. The van der Waals surface area contributed by atoms with Crippen molar-refractivity contribution >= 4 is 27.8 Å². The predicted octanol–water partition coefficient (Wildman–Crippen LogP) is 2.92. The number of phenolic OH excluding ortho intramolecular Hbond substituents is 1. The van der Waals surface area contributed by atoms with E-state index in [1.54, 1.807) is 35.6 Å². The van der Waals surface area contributed by atoms with E-state index in [1.807, 2.05) is 0 Å². The maximum absolute atomic E-state index is 12.7. The number of hydrogen-bond acceptors (Lipinski definition) is 5. The van der Waals surface area contributed by atoms with Crippen LogP contribution < -0.4 is 5.56 Å². The largest absolute Gasteiger partial charge is 0.507 e. The molecule has 2 heterocycles. The molecule has 0 saturated heterocycles. The van der Waals surface area contributed by atoms with Gasteiger partial charge in [0.15, 0.2) is 0 Å². The summed E-state index contributed by atoms with van der Waals surface area (Å²) in [7, 11) is 0. The van der Waals surface area contributed by atoms with Crippen LogP contribution in [0.25, 0.3) is 10.2 Å². The Kier molecular flexibility index (Phi) is 3.46. The molecule has 6 heteroatoms. The van der Waals surface area contributed by atoms with E-state index < -0.39 is 0 Å². The smallest absolute Gasteiger partial charge is 0.282 e. The second-order valence-corrected chi connectivity index (χ2v) is 6.67. The highest BCUT2D eigenvalue weighted by atomic mass is 32.1. The molecular formula is C17H15N3O2S. The van der Waals surface area contributed by atoms with Gasteiger partial charge in [0.25, 0.3) is 5.56 Å². The number of para-hydroxylation sites is 1. The van der Waals surface area contributed by atoms with Gasteiger partial charge in [0, 0.05) is 10.4 Å². The SMILES string of the molecule is O=c1c2c3c(sc2ncn1/N=C/c1ccccc1O)CCCC3. The fraction of sp³-hybridized carbons (Fsp3) is 0.235. The summed E-state index contributed by atoms with van der Waals surface area (Å²) in [6, 6.07) is 6.87. The Bertz CT molecular complexity index is 972. The third-order valence-electron chi connectivity index (χ3n) is 4.12. The summed E-state index contributed by atoms with van der Waals surface area (Å²) in [6.45, 7) is 0. The summed E-state index contributed by atoms with van der Waals surface area (Å²) >= 11 is 1.62. The fourth-order valence-corrected chi connectivity index (χ4v) is 4.16. The highest BCUT2D eigenvalue weighted by Gasteiger charge is 2.19. The summed E-state index contributed by atoms with van der Waals surface area (Å²) in [4.78, 5) is 19.2. The summed E-state index contributed by atoms with van der Waals surface area (Å²) < 4.78 is 1.25. The maximum Gasteiger partial charge on any atom is 0.282 e. The van der Waals surface area contributed by atoms with Crippen molar-refractivity contribution in [1.29, 1.82) is 0 Å². The van der Waals surface area contributed by atoms with E-state index in [1.165, 1.54) is 28.5 Å². The first kappa shape index (κ1) is 14.1. The number of benzene rings is 1. The molecular weight excluding hydrogens is 310 g/mol. The van der Waals surface area contributed by atoms with E-state index in [0.29, 0.717) is 10.9 Å². The normalized spacial score (nSPS) is 14.4. The van der Waals surface area contributed by atoms with Crippen LogP contribution >= 0.6 is 11.3 Å². The molecule has 0 radical (unpaired) electrons. The molecule has 5 nitrogen and oxygen atoms in total. The van der Waals surface area contributed by atoms with Crippen molar-refractivity contribution in [3.05, 3.63) is 57.0 Å². The standard InChI is InChI=1S/C17H15N3O2S/c21-13-7-3-1-5-11(13)9-19-20-10-18-16-15(17(20)22)12-6-2-4-8-14(12)23-16/h1,3,5,7,9-10,21H,2,4,6,8H2/b19-9+. The van der Waals surface area contributed by atoms with Crippen LogP contribution in [0.15, 0.2) is 40.5 Å². The van der Waals surface area contributed by atoms with E-state index in [4.69, 9.17) is 0 Å². The van der Waals surface area contributed by atoms with Crippen LogP contribution in [0.2, 0.25) is 0 Å². The van der Waals surface area contributed by atoms with E-state index in [9.17, 15) is 9.90 Å². The lowest BCUT2D eigenvalue weighted by molar-refractivity contribution is 0.474. The Morgan fingerprint density at radius 3 is 2.96 bits per heavy atom. The topological polar surface area (TPSA) is 67.5 Å². The second-order valence-electron chi connectivity index (χ2n) is 5.59. The van der Waals surface area contributed by atoms with Crippen molar-refractivity contribution in [2.75, 3.05) is 0 Å². The molecule has 0 saturated carbocycles. The van der Waals surface area contributed by atoms with Crippen LogP contribution in [0.1, 0.15) is 28.8 Å². The molecule has 0 unspecified atom stereocenters. The van der Waals surface area contributed by atoms with Crippen molar-refractivity contribution in [3.8, 4) is 5.75 Å². The van der Waals surface area contributed by atoms with Crippen molar-refractivity contribution in [2.24, 2.45) is 5.10 Å². The third-order valence-corrected chi connectivity index (χ3v) is 5.32. The molecule has 0 amide bonds. The van der Waals surface area contributed by atoms with E-state index in [-0.39, 0.29) is 11.3 Å². The van der Waals surface area contributed by atoms with Gasteiger partial charge in [-0.2, -0.15) is 9.78 Å². The van der Waals surface area contributed by atoms with Crippen molar-refractivity contribution in [1.82, 2.24) is 9.66 Å². The molecule has 0 aliphatic heterocycles. The number of rotatable bonds is 2. The molecule has 2 aromatic heterocycles. The van der Waals surface area contributed by atoms with Gasteiger partial charge in [0.05, 0.1) is 11.6 Å². The monoisotopic (exact) mass is 325 g/mol. The third kappa shape index (κ3) is 2.45. The quantitative estimate of drug-likeness (QED) is 0.737. The highest BCUT2D eigenvalue weighted by molar-refractivity contribution is 7.18. The molecule has 3 aromatic rings. The van der Waals surface area contributed by atoms with Crippen LogP contribution in [0.4, 0.5) is 0 Å². The van der Waals surface area contributed by atoms with Gasteiger partial charge in [-0.15, -0.1) is 11.3 Å². The lowest BCUT2D eigenvalue weighted by Gasteiger charge is -2.09. The summed E-state index contributed by atoms with van der Waals surface area (Å²) in [5.74, 6) is 0.131. The van der Waals surface area contributed by atoms with Gasteiger partial charge in [-0.05, 0) is 43.4 Å². The van der Waals surface area contributed by atoms with Gasteiger partial charge in [0.2, 0.25) is 0 Å². The molecule has 23 heavy (non-hydrogen) atoms. The van der Waals surface area contributed by atoms with Gasteiger partial charge >= 0.3 is 0 Å². The number of nitrogens with zero attached hydrogens (tertiary/aromatic N) is 3. The minimum absolute atomic E-state index is 0.131. The number of hydrogen-bond donors (Lipinski definition) is 1. The Balaban J connectivity index is 1.81. The van der Waals surface area contributed by atoms with E-state index in [0.717, 1.165) is 29.7 Å². The average Bonchev–Trinajstić information content (AvgIpc) is 2.95. The molecule has 1 N–H and O–H groups in total. The first-order valence-corrected chi connectivity index (χ1v) is 8.40. The van der Waals surface area contributed by atoms with Crippen LogP contribution in [0.3, 0.4) is 0 Å². The Labute approximate surface area is 136 Å². The summed E-state index contributed by atoms with van der Waals surface area (Å²) in [5, 5.41) is 14.6. The number of thiophene rings is 1. The molecule has 0 atom stereocenters. The predicted molar refractivity (Wildman–Crippen MR) is 91.6 cm³/mol. The van der Waals surface area contributed by atoms with Crippen LogP contribution in [0, 0.1) is 0 Å². The van der Waals surface area contributed by atoms with Crippen molar-refractivity contribution < 1.29 is 5.11 Å². The van der Waals surface area contributed by atoms with Crippen LogP contribution in [0.5, 0.6) is 5.75 Å². The van der Waals surface area contributed by atoms with Gasteiger partial charge < -0.3 is 5.11 Å². The Hall–Kier alpha value is -2.47. The molecule has 0 fully saturated rings. The van der Waals surface area contributed by atoms with Crippen LogP contribution in [-0.2, 0) is 12.8 Å².